The summed E-state index contributed by atoms with van der Waals surface area (Å²) in [5.41, 5.74) is 5.94. The van der Waals surface area contributed by atoms with E-state index in [0.29, 0.717) is 11.3 Å². The van der Waals surface area contributed by atoms with Crippen molar-refractivity contribution in [2.24, 2.45) is 5.10 Å². The van der Waals surface area contributed by atoms with Crippen molar-refractivity contribution in [3.8, 4) is 11.5 Å². The fourth-order valence-corrected chi connectivity index (χ4v) is 2.85. The number of hydrazone groups is 1. The van der Waals surface area contributed by atoms with Gasteiger partial charge < -0.3 is 14.8 Å². The van der Waals surface area contributed by atoms with Crippen molar-refractivity contribution >= 4 is 29.9 Å². The lowest BCUT2D eigenvalue weighted by atomic mass is 10.2. The van der Waals surface area contributed by atoms with E-state index in [2.05, 4.69) is 15.8 Å². The van der Waals surface area contributed by atoms with Crippen LogP contribution in [0.2, 0.25) is 0 Å². The van der Waals surface area contributed by atoms with Gasteiger partial charge in [0, 0.05) is 11.8 Å². The molecule has 0 unspecified atom stereocenters. The lowest BCUT2D eigenvalue weighted by Crippen LogP contribution is -2.26. The molecule has 0 atom stereocenters. The first-order valence-corrected chi connectivity index (χ1v) is 10.3. The zero-order valence-electron chi connectivity index (χ0n) is 18.4. The smallest absolute Gasteiger partial charge is 0.336 e. The van der Waals surface area contributed by atoms with Gasteiger partial charge in [0.15, 0.2) is 0 Å². The van der Waals surface area contributed by atoms with E-state index in [1.807, 2.05) is 55.5 Å². The number of ether oxygens (including phenoxy) is 2. The number of carbonyl (C=O) groups is 2. The maximum Gasteiger partial charge on any atom is 0.336 e. The van der Waals surface area contributed by atoms with Crippen LogP contribution in [0.15, 0.2) is 84.0 Å². The van der Waals surface area contributed by atoms with Gasteiger partial charge in [-0.2, -0.15) is 5.10 Å². The molecule has 3 aromatic rings. The van der Waals surface area contributed by atoms with E-state index in [4.69, 9.17) is 9.47 Å². The van der Waals surface area contributed by atoms with Crippen molar-refractivity contribution in [1.82, 2.24) is 5.43 Å². The van der Waals surface area contributed by atoms with Crippen LogP contribution in [0.5, 0.6) is 11.5 Å². The number of esters is 1. The number of hydrogen-bond donors (Lipinski definition) is 2. The molecule has 7 heteroatoms. The average molecular weight is 444 g/mol. The standard InChI is InChI=1S/C26H25N3O4/c1-19-6-3-4-9-24(19)27-18-25(30)29-28-17-21-7-5-8-23(16-21)33-26(31)15-12-20-10-13-22(32-2)14-11-20/h3-17,27H,18H2,1-2H3,(H,29,30). The molecular weight excluding hydrogens is 418 g/mol. The molecule has 0 fully saturated rings. The van der Waals surface area contributed by atoms with E-state index in [-0.39, 0.29) is 12.5 Å². The number of hydrogen-bond acceptors (Lipinski definition) is 6. The zero-order valence-corrected chi connectivity index (χ0v) is 18.4. The highest BCUT2D eigenvalue weighted by atomic mass is 16.5. The van der Waals surface area contributed by atoms with Crippen molar-refractivity contribution in [2.75, 3.05) is 19.0 Å². The van der Waals surface area contributed by atoms with Crippen LogP contribution in [0.25, 0.3) is 6.08 Å². The summed E-state index contributed by atoms with van der Waals surface area (Å²) < 4.78 is 10.4. The third-order valence-electron chi connectivity index (χ3n) is 4.59. The Bertz CT molecular complexity index is 1150. The topological polar surface area (TPSA) is 89.0 Å². The van der Waals surface area contributed by atoms with Crippen LogP contribution >= 0.6 is 0 Å². The van der Waals surface area contributed by atoms with Crippen LogP contribution < -0.4 is 20.2 Å². The monoisotopic (exact) mass is 443 g/mol. The van der Waals surface area contributed by atoms with Gasteiger partial charge in [-0.15, -0.1) is 0 Å². The summed E-state index contributed by atoms with van der Waals surface area (Å²) in [6.07, 6.45) is 4.49. The Labute approximate surface area is 192 Å². The number of methoxy groups -OCH3 is 1. The molecule has 3 rings (SSSR count). The highest BCUT2D eigenvalue weighted by molar-refractivity contribution is 5.89. The highest BCUT2D eigenvalue weighted by Crippen LogP contribution is 2.15. The van der Waals surface area contributed by atoms with Gasteiger partial charge in [-0.1, -0.05) is 42.5 Å². The summed E-state index contributed by atoms with van der Waals surface area (Å²) in [7, 11) is 1.60. The van der Waals surface area contributed by atoms with Crippen molar-refractivity contribution in [3.63, 3.8) is 0 Å². The largest absolute Gasteiger partial charge is 0.497 e. The number of aryl methyl sites for hydroxylation is 1. The summed E-state index contributed by atoms with van der Waals surface area (Å²) in [6.45, 7) is 2.06. The molecule has 0 aliphatic heterocycles. The van der Waals surface area contributed by atoms with Gasteiger partial charge >= 0.3 is 5.97 Å². The SMILES string of the molecule is COc1ccc(C=CC(=O)Oc2cccc(C=NNC(=O)CNc3ccccc3C)c2)cc1. The Morgan fingerprint density at radius 1 is 0.939 bits per heavy atom. The first kappa shape index (κ1) is 23.3. The predicted molar refractivity (Wildman–Crippen MR) is 130 cm³/mol. The minimum Gasteiger partial charge on any atom is -0.497 e. The highest BCUT2D eigenvalue weighted by Gasteiger charge is 2.03. The second-order valence-electron chi connectivity index (χ2n) is 7.06. The molecule has 168 valence electrons. The van der Waals surface area contributed by atoms with Crippen LogP contribution in [-0.4, -0.2) is 31.7 Å². The molecule has 0 saturated heterocycles. The fourth-order valence-electron chi connectivity index (χ4n) is 2.85. The van der Waals surface area contributed by atoms with Gasteiger partial charge in [0.1, 0.15) is 11.5 Å². The maximum absolute atomic E-state index is 12.1. The molecule has 0 heterocycles. The Morgan fingerprint density at radius 2 is 1.73 bits per heavy atom. The second-order valence-corrected chi connectivity index (χ2v) is 7.06. The number of amides is 1. The summed E-state index contributed by atoms with van der Waals surface area (Å²) in [4.78, 5) is 24.1. The Morgan fingerprint density at radius 3 is 2.48 bits per heavy atom. The molecule has 3 aromatic carbocycles. The zero-order chi connectivity index (χ0) is 23.5. The van der Waals surface area contributed by atoms with Crippen molar-refractivity contribution in [1.29, 1.82) is 0 Å². The number of carbonyl (C=O) groups excluding carboxylic acids is 2. The van der Waals surface area contributed by atoms with E-state index in [9.17, 15) is 9.59 Å². The van der Waals surface area contributed by atoms with Gasteiger partial charge in [-0.05, 0) is 60.0 Å². The van der Waals surface area contributed by atoms with Crippen molar-refractivity contribution < 1.29 is 19.1 Å². The lowest BCUT2D eigenvalue weighted by molar-refractivity contribution is -0.129. The summed E-state index contributed by atoms with van der Waals surface area (Å²) in [5, 5.41) is 7.02. The van der Waals surface area contributed by atoms with Gasteiger partial charge in [-0.3, -0.25) is 4.79 Å². The van der Waals surface area contributed by atoms with E-state index in [1.165, 1.54) is 12.3 Å². The van der Waals surface area contributed by atoms with Crippen LogP contribution in [-0.2, 0) is 9.59 Å². The number of para-hydroxylation sites is 1. The summed E-state index contributed by atoms with van der Waals surface area (Å²) in [6, 6.07) is 21.9. The fraction of sp³-hybridized carbons (Fsp3) is 0.115. The molecule has 0 spiro atoms. The second kappa shape index (κ2) is 11.9. The van der Waals surface area contributed by atoms with Crippen LogP contribution in [0, 0.1) is 6.92 Å². The summed E-state index contributed by atoms with van der Waals surface area (Å²) in [5.74, 6) is 0.332. The molecule has 0 bridgehead atoms. The predicted octanol–water partition coefficient (Wildman–Crippen LogP) is 4.18. The van der Waals surface area contributed by atoms with Gasteiger partial charge in [0.2, 0.25) is 0 Å². The minimum atomic E-state index is -0.504. The van der Waals surface area contributed by atoms with Crippen LogP contribution in [0.3, 0.4) is 0 Å². The molecule has 2 N–H and O–H groups in total. The molecule has 0 aliphatic rings. The third-order valence-corrected chi connectivity index (χ3v) is 4.59. The van der Waals surface area contributed by atoms with Gasteiger partial charge in [-0.25, -0.2) is 10.2 Å². The number of nitrogens with zero attached hydrogens (tertiary/aromatic N) is 1. The molecule has 33 heavy (non-hydrogen) atoms. The van der Waals surface area contributed by atoms with Crippen molar-refractivity contribution in [2.45, 2.75) is 6.92 Å². The lowest BCUT2D eigenvalue weighted by Gasteiger charge is -2.07. The normalized spacial score (nSPS) is 10.8. The quantitative estimate of drug-likeness (QED) is 0.170. The summed E-state index contributed by atoms with van der Waals surface area (Å²) >= 11 is 0. The molecule has 1 amide bonds. The number of anilines is 1. The Kier molecular flexibility index (Phi) is 8.36. The molecule has 7 nitrogen and oxygen atoms in total. The molecule has 0 aliphatic carbocycles. The molecular formula is C26H25N3O4. The average Bonchev–Trinajstić information content (AvgIpc) is 2.83. The van der Waals surface area contributed by atoms with Gasteiger partial charge in [0.25, 0.3) is 5.91 Å². The van der Waals surface area contributed by atoms with Gasteiger partial charge in [0.05, 0.1) is 19.9 Å². The number of benzene rings is 3. The van der Waals surface area contributed by atoms with E-state index < -0.39 is 5.97 Å². The Balaban J connectivity index is 1.48. The van der Waals surface area contributed by atoms with Crippen LogP contribution in [0.1, 0.15) is 16.7 Å². The molecule has 0 aromatic heterocycles. The maximum atomic E-state index is 12.1. The molecule has 0 radical (unpaired) electrons. The third kappa shape index (κ3) is 7.66. The molecule has 0 saturated carbocycles. The van der Waals surface area contributed by atoms with E-state index in [0.717, 1.165) is 22.6 Å². The van der Waals surface area contributed by atoms with E-state index >= 15 is 0 Å². The first-order valence-electron chi connectivity index (χ1n) is 10.3. The van der Waals surface area contributed by atoms with Crippen LogP contribution in [0.4, 0.5) is 5.69 Å². The minimum absolute atomic E-state index is 0.0976. The number of nitrogens with one attached hydrogen (secondary N) is 2. The Hall–Kier alpha value is -4.39. The first-order chi connectivity index (χ1) is 16.0. The van der Waals surface area contributed by atoms with E-state index in [1.54, 1.807) is 37.5 Å². The van der Waals surface area contributed by atoms with Crippen molar-refractivity contribution in [3.05, 3.63) is 95.6 Å². The number of rotatable bonds is 9.